The molecule has 0 saturated carbocycles. The third-order valence-corrected chi connectivity index (χ3v) is 2.49. The van der Waals surface area contributed by atoms with E-state index >= 15 is 0 Å². The summed E-state index contributed by atoms with van der Waals surface area (Å²) in [6, 6.07) is 14.7. The van der Waals surface area contributed by atoms with Crippen LogP contribution >= 0.6 is 0 Å². The van der Waals surface area contributed by atoms with Crippen LogP contribution in [0.25, 0.3) is 6.08 Å². The molecule has 1 heterocycles. The van der Waals surface area contributed by atoms with E-state index in [1.807, 2.05) is 36.4 Å². The van der Waals surface area contributed by atoms with Crippen LogP contribution in [-0.4, -0.2) is 5.91 Å². The summed E-state index contributed by atoms with van der Waals surface area (Å²) in [7, 11) is 0. The molecule has 2 rings (SSSR count). The smallest absolute Gasteiger partial charge is 0.262 e. The third kappa shape index (κ3) is 3.58. The molecule has 0 aliphatic carbocycles. The van der Waals surface area contributed by atoms with Gasteiger partial charge in [0.1, 0.15) is 17.4 Å². The molecule has 0 radical (unpaired) electrons. The lowest BCUT2D eigenvalue weighted by Gasteiger charge is -2.03. The molecule has 4 nitrogen and oxygen atoms in total. The maximum atomic E-state index is 11.8. The maximum Gasteiger partial charge on any atom is 0.262 e. The number of nitriles is 1. The number of carbonyl (C=O) groups excluding carboxylic acids is 1. The first-order chi connectivity index (χ1) is 9.29. The fourth-order valence-corrected chi connectivity index (χ4v) is 1.54. The van der Waals surface area contributed by atoms with Gasteiger partial charge in [0.05, 0.1) is 6.26 Å². The van der Waals surface area contributed by atoms with E-state index < -0.39 is 5.91 Å². The molecule has 4 heteroatoms. The molecule has 19 heavy (non-hydrogen) atoms. The number of benzene rings is 1. The van der Waals surface area contributed by atoms with Gasteiger partial charge in [-0.25, -0.2) is 0 Å². The topological polar surface area (TPSA) is 66.0 Å². The zero-order chi connectivity index (χ0) is 13.5. The highest BCUT2D eigenvalue weighted by atomic mass is 16.3. The summed E-state index contributed by atoms with van der Waals surface area (Å²) < 4.78 is 5.07. The summed E-state index contributed by atoms with van der Waals surface area (Å²) in [4.78, 5) is 11.8. The Hall–Kier alpha value is -2.80. The number of amides is 1. The highest BCUT2D eigenvalue weighted by Crippen LogP contribution is 2.07. The van der Waals surface area contributed by atoms with Crippen molar-refractivity contribution in [2.24, 2.45) is 0 Å². The van der Waals surface area contributed by atoms with E-state index in [0.717, 1.165) is 5.56 Å². The van der Waals surface area contributed by atoms with Crippen molar-refractivity contribution in [2.75, 3.05) is 0 Å². The molecule has 1 aromatic heterocycles. The van der Waals surface area contributed by atoms with Gasteiger partial charge in [-0.1, -0.05) is 30.3 Å². The van der Waals surface area contributed by atoms with Gasteiger partial charge in [0.15, 0.2) is 0 Å². The molecular formula is C15H12N2O2. The van der Waals surface area contributed by atoms with Crippen molar-refractivity contribution in [1.82, 2.24) is 5.32 Å². The fraction of sp³-hybridized carbons (Fsp3) is 0.0667. The van der Waals surface area contributed by atoms with Crippen LogP contribution in [0, 0.1) is 11.3 Å². The predicted molar refractivity (Wildman–Crippen MR) is 70.6 cm³/mol. The second-order valence-electron chi connectivity index (χ2n) is 3.85. The molecule has 94 valence electrons. The normalized spacial score (nSPS) is 10.8. The van der Waals surface area contributed by atoms with Crippen molar-refractivity contribution in [3.8, 4) is 6.07 Å². The standard InChI is InChI=1S/C15H12N2O2/c16-10-13(9-14-7-4-8-19-14)15(18)17-11-12-5-2-1-3-6-12/h1-9H,11H2,(H,17,18)/b13-9+. The number of rotatable bonds is 4. The summed E-state index contributed by atoms with van der Waals surface area (Å²) in [5, 5.41) is 11.7. The van der Waals surface area contributed by atoms with Crippen LogP contribution in [0.2, 0.25) is 0 Å². The molecule has 1 N–H and O–H groups in total. The lowest BCUT2D eigenvalue weighted by molar-refractivity contribution is -0.117. The second kappa shape index (κ2) is 6.22. The van der Waals surface area contributed by atoms with Gasteiger partial charge in [0, 0.05) is 12.6 Å². The maximum absolute atomic E-state index is 11.8. The average Bonchev–Trinajstić information content (AvgIpc) is 2.96. The minimum atomic E-state index is -0.414. The van der Waals surface area contributed by atoms with E-state index in [-0.39, 0.29) is 5.57 Å². The van der Waals surface area contributed by atoms with Crippen molar-refractivity contribution in [2.45, 2.75) is 6.54 Å². The van der Waals surface area contributed by atoms with E-state index in [1.165, 1.54) is 12.3 Å². The van der Waals surface area contributed by atoms with E-state index in [9.17, 15) is 4.79 Å². The van der Waals surface area contributed by atoms with Crippen molar-refractivity contribution < 1.29 is 9.21 Å². The third-order valence-electron chi connectivity index (χ3n) is 2.49. The summed E-state index contributed by atoms with van der Waals surface area (Å²) >= 11 is 0. The van der Waals surface area contributed by atoms with Crippen molar-refractivity contribution in [1.29, 1.82) is 5.26 Å². The van der Waals surface area contributed by atoms with E-state index in [2.05, 4.69) is 5.32 Å². The number of nitrogens with one attached hydrogen (secondary N) is 1. The average molecular weight is 252 g/mol. The van der Waals surface area contributed by atoms with E-state index in [0.29, 0.717) is 12.3 Å². The predicted octanol–water partition coefficient (Wildman–Crippen LogP) is 2.50. The van der Waals surface area contributed by atoms with Crippen molar-refractivity contribution >= 4 is 12.0 Å². The van der Waals surface area contributed by atoms with E-state index in [1.54, 1.807) is 12.1 Å². The summed E-state index contributed by atoms with van der Waals surface area (Å²) in [5.41, 5.74) is 0.997. The highest BCUT2D eigenvalue weighted by Gasteiger charge is 2.09. The first-order valence-electron chi connectivity index (χ1n) is 5.77. The summed E-state index contributed by atoms with van der Waals surface area (Å²) in [5.74, 6) is 0.0640. The van der Waals surface area contributed by atoms with Gasteiger partial charge < -0.3 is 9.73 Å². The molecule has 2 aromatic rings. The molecular weight excluding hydrogens is 240 g/mol. The monoisotopic (exact) mass is 252 g/mol. The molecule has 0 fully saturated rings. The summed E-state index contributed by atoms with van der Waals surface area (Å²) in [6.45, 7) is 0.386. The minimum Gasteiger partial charge on any atom is -0.465 e. The van der Waals surface area contributed by atoms with Crippen LogP contribution in [-0.2, 0) is 11.3 Å². The van der Waals surface area contributed by atoms with Gasteiger partial charge in [-0.3, -0.25) is 4.79 Å². The van der Waals surface area contributed by atoms with E-state index in [4.69, 9.17) is 9.68 Å². The van der Waals surface area contributed by atoms with Crippen molar-refractivity contribution in [3.63, 3.8) is 0 Å². The van der Waals surface area contributed by atoms with Gasteiger partial charge in [-0.15, -0.1) is 0 Å². The summed E-state index contributed by atoms with van der Waals surface area (Å²) in [6.07, 6.45) is 2.91. The van der Waals surface area contributed by atoms with Crippen LogP contribution in [0.15, 0.2) is 58.7 Å². The second-order valence-corrected chi connectivity index (χ2v) is 3.85. The molecule has 0 aliphatic rings. The molecule has 0 spiro atoms. The van der Waals surface area contributed by atoms with Crippen LogP contribution in [0.1, 0.15) is 11.3 Å². The number of carbonyl (C=O) groups is 1. The first kappa shape index (κ1) is 12.7. The molecule has 0 saturated heterocycles. The molecule has 0 atom stereocenters. The lowest BCUT2D eigenvalue weighted by Crippen LogP contribution is -2.23. The Morgan fingerprint density at radius 3 is 2.68 bits per heavy atom. The minimum absolute atomic E-state index is 0.0193. The Labute approximate surface area is 111 Å². The van der Waals surface area contributed by atoms with Crippen LogP contribution < -0.4 is 5.32 Å². The highest BCUT2D eigenvalue weighted by molar-refractivity contribution is 6.01. The Balaban J connectivity index is 2.01. The van der Waals surface area contributed by atoms with Crippen molar-refractivity contribution in [3.05, 3.63) is 65.6 Å². The van der Waals surface area contributed by atoms with Gasteiger partial charge in [0.2, 0.25) is 0 Å². The largest absolute Gasteiger partial charge is 0.465 e. The number of hydrogen-bond donors (Lipinski definition) is 1. The number of nitrogens with zero attached hydrogens (tertiary/aromatic N) is 1. The van der Waals surface area contributed by atoms with Gasteiger partial charge in [-0.05, 0) is 17.7 Å². The Bertz CT molecular complexity index is 607. The van der Waals surface area contributed by atoms with Gasteiger partial charge >= 0.3 is 0 Å². The molecule has 0 bridgehead atoms. The molecule has 1 aromatic carbocycles. The Morgan fingerprint density at radius 2 is 2.05 bits per heavy atom. The van der Waals surface area contributed by atoms with Gasteiger partial charge in [0.25, 0.3) is 5.91 Å². The number of furan rings is 1. The Morgan fingerprint density at radius 1 is 1.26 bits per heavy atom. The number of hydrogen-bond acceptors (Lipinski definition) is 3. The van der Waals surface area contributed by atoms with Crippen LogP contribution in [0.5, 0.6) is 0 Å². The molecule has 0 unspecified atom stereocenters. The van der Waals surface area contributed by atoms with Crippen LogP contribution in [0.4, 0.5) is 0 Å². The van der Waals surface area contributed by atoms with Crippen LogP contribution in [0.3, 0.4) is 0 Å². The zero-order valence-electron chi connectivity index (χ0n) is 10.2. The van der Waals surface area contributed by atoms with Gasteiger partial charge in [-0.2, -0.15) is 5.26 Å². The zero-order valence-corrected chi connectivity index (χ0v) is 10.2. The fourth-order valence-electron chi connectivity index (χ4n) is 1.54. The first-order valence-corrected chi connectivity index (χ1v) is 5.77. The quantitative estimate of drug-likeness (QED) is 0.671. The SMILES string of the molecule is N#C/C(=C\c1ccco1)C(=O)NCc1ccccc1. The molecule has 1 amide bonds. The Kier molecular flexibility index (Phi) is 4.14. The lowest BCUT2D eigenvalue weighted by atomic mass is 10.2. The molecule has 0 aliphatic heterocycles.